The molecular weight excluding hydrogens is 368 g/mol. The fourth-order valence-corrected chi connectivity index (χ4v) is 3.97. The average molecular weight is 393 g/mol. The molecule has 0 spiro atoms. The van der Waals surface area contributed by atoms with Gasteiger partial charge in [-0.15, -0.1) is 0 Å². The number of rotatable bonds is 6. The van der Waals surface area contributed by atoms with Gasteiger partial charge in [0, 0.05) is 30.2 Å². The number of ether oxygens (including phenoxy) is 2. The molecule has 2 aliphatic rings. The quantitative estimate of drug-likeness (QED) is 0.762. The lowest BCUT2D eigenvalue weighted by Gasteiger charge is -2.30. The molecule has 2 aliphatic heterocycles. The lowest BCUT2D eigenvalue weighted by molar-refractivity contribution is -0.133. The molecule has 27 heavy (non-hydrogen) atoms. The van der Waals surface area contributed by atoms with Gasteiger partial charge in [0.05, 0.1) is 33.3 Å². The maximum atomic E-state index is 12.6. The Balaban J connectivity index is 1.44. The number of halogens is 1. The van der Waals surface area contributed by atoms with Crippen LogP contribution in [0.15, 0.2) is 6.07 Å². The SMILES string of the molecule is COc1nc2c(cc1Cl)c(C)c1n2CCN(C(=O)CCOCC2CCN2)C1. The van der Waals surface area contributed by atoms with Crippen LogP contribution in [0.3, 0.4) is 0 Å². The number of amides is 1. The highest BCUT2D eigenvalue weighted by molar-refractivity contribution is 6.32. The predicted octanol–water partition coefficient (Wildman–Crippen LogP) is 2.12. The van der Waals surface area contributed by atoms with Crippen LogP contribution >= 0.6 is 11.6 Å². The zero-order valence-corrected chi connectivity index (χ0v) is 16.5. The average Bonchev–Trinajstić information content (AvgIpc) is 2.90. The number of nitrogens with one attached hydrogen (secondary N) is 1. The third-order valence-corrected chi connectivity index (χ3v) is 5.80. The number of carbonyl (C=O) groups is 1. The fourth-order valence-electron chi connectivity index (χ4n) is 3.75. The molecule has 1 N–H and O–H groups in total. The number of hydrogen-bond donors (Lipinski definition) is 1. The van der Waals surface area contributed by atoms with Crippen molar-refractivity contribution >= 4 is 28.5 Å². The van der Waals surface area contributed by atoms with Crippen LogP contribution in [-0.2, 0) is 22.6 Å². The van der Waals surface area contributed by atoms with E-state index >= 15 is 0 Å². The minimum atomic E-state index is 0.135. The van der Waals surface area contributed by atoms with E-state index in [0.29, 0.717) is 49.7 Å². The van der Waals surface area contributed by atoms with E-state index in [1.165, 1.54) is 0 Å². The van der Waals surface area contributed by atoms with Gasteiger partial charge >= 0.3 is 0 Å². The maximum Gasteiger partial charge on any atom is 0.234 e. The lowest BCUT2D eigenvalue weighted by Crippen LogP contribution is -2.46. The molecule has 4 heterocycles. The molecule has 2 aromatic heterocycles. The van der Waals surface area contributed by atoms with Crippen molar-refractivity contribution < 1.29 is 14.3 Å². The van der Waals surface area contributed by atoms with Crippen molar-refractivity contribution in [2.45, 2.75) is 38.9 Å². The summed E-state index contributed by atoms with van der Waals surface area (Å²) in [7, 11) is 1.57. The molecule has 1 unspecified atom stereocenters. The molecule has 8 heteroatoms. The van der Waals surface area contributed by atoms with E-state index < -0.39 is 0 Å². The predicted molar refractivity (Wildman–Crippen MR) is 103 cm³/mol. The van der Waals surface area contributed by atoms with Gasteiger partial charge in [0.25, 0.3) is 0 Å². The number of aryl methyl sites for hydroxylation is 1. The summed E-state index contributed by atoms with van der Waals surface area (Å²) in [6.07, 6.45) is 1.58. The summed E-state index contributed by atoms with van der Waals surface area (Å²) in [5.74, 6) is 0.567. The van der Waals surface area contributed by atoms with Crippen molar-refractivity contribution in [1.29, 1.82) is 0 Å². The van der Waals surface area contributed by atoms with Crippen LogP contribution in [0.2, 0.25) is 5.02 Å². The second-order valence-corrected chi connectivity index (χ2v) is 7.56. The Kier molecular flexibility index (Phi) is 5.25. The van der Waals surface area contributed by atoms with Crippen LogP contribution in [0.25, 0.3) is 11.0 Å². The molecule has 146 valence electrons. The minimum Gasteiger partial charge on any atom is -0.480 e. The highest BCUT2D eigenvalue weighted by atomic mass is 35.5. The topological polar surface area (TPSA) is 68.6 Å². The van der Waals surface area contributed by atoms with Gasteiger partial charge in [-0.1, -0.05) is 11.6 Å². The molecular formula is C19H25ClN4O3. The Bertz CT molecular complexity index is 862. The van der Waals surface area contributed by atoms with E-state index in [-0.39, 0.29) is 5.91 Å². The standard InChI is InChI=1S/C19H25ClN4O3/c1-12-14-9-15(20)19(26-2)22-18(14)24-7-6-23(10-16(12)24)17(25)4-8-27-11-13-3-5-21-13/h9,13,21H,3-8,10-11H2,1-2H3. The normalized spacial score (nSPS) is 19.1. The van der Waals surface area contributed by atoms with Crippen LogP contribution in [0.4, 0.5) is 0 Å². The van der Waals surface area contributed by atoms with E-state index in [2.05, 4.69) is 21.8 Å². The highest BCUT2D eigenvalue weighted by Gasteiger charge is 2.26. The van der Waals surface area contributed by atoms with E-state index in [1.54, 1.807) is 7.11 Å². The van der Waals surface area contributed by atoms with E-state index in [4.69, 9.17) is 21.1 Å². The summed E-state index contributed by atoms with van der Waals surface area (Å²) in [5.41, 5.74) is 3.10. The first-order valence-electron chi connectivity index (χ1n) is 9.39. The van der Waals surface area contributed by atoms with Crippen LogP contribution in [0.5, 0.6) is 5.88 Å². The molecule has 4 rings (SSSR count). The van der Waals surface area contributed by atoms with Gasteiger partial charge in [-0.2, -0.15) is 4.98 Å². The Labute approximate surface area is 163 Å². The molecule has 1 fully saturated rings. The molecule has 0 saturated carbocycles. The van der Waals surface area contributed by atoms with Crippen molar-refractivity contribution in [2.75, 3.05) is 33.4 Å². The summed E-state index contributed by atoms with van der Waals surface area (Å²) < 4.78 is 13.1. The smallest absolute Gasteiger partial charge is 0.234 e. The molecule has 0 aliphatic carbocycles. The molecule has 0 radical (unpaired) electrons. The van der Waals surface area contributed by atoms with E-state index in [1.807, 2.05) is 11.0 Å². The second-order valence-electron chi connectivity index (χ2n) is 7.15. The summed E-state index contributed by atoms with van der Waals surface area (Å²) in [6.45, 7) is 6.27. The first-order chi connectivity index (χ1) is 13.1. The monoisotopic (exact) mass is 392 g/mol. The van der Waals surface area contributed by atoms with E-state index in [9.17, 15) is 4.79 Å². The maximum absolute atomic E-state index is 12.6. The van der Waals surface area contributed by atoms with Crippen LogP contribution in [0.1, 0.15) is 24.1 Å². The number of carbonyl (C=O) groups excluding carboxylic acids is 1. The van der Waals surface area contributed by atoms with Crippen LogP contribution < -0.4 is 10.1 Å². The third-order valence-electron chi connectivity index (χ3n) is 5.53. The van der Waals surface area contributed by atoms with Gasteiger partial charge in [-0.25, -0.2) is 0 Å². The highest BCUT2D eigenvalue weighted by Crippen LogP contribution is 2.33. The zero-order valence-electron chi connectivity index (χ0n) is 15.8. The molecule has 0 bridgehead atoms. The van der Waals surface area contributed by atoms with Crippen molar-refractivity contribution in [3.63, 3.8) is 0 Å². The molecule has 0 aromatic carbocycles. The first kappa shape index (κ1) is 18.5. The van der Waals surface area contributed by atoms with Crippen molar-refractivity contribution in [1.82, 2.24) is 19.8 Å². The summed E-state index contributed by atoms with van der Waals surface area (Å²) >= 11 is 6.25. The van der Waals surface area contributed by atoms with Crippen LogP contribution in [0, 0.1) is 6.92 Å². The summed E-state index contributed by atoms with van der Waals surface area (Å²) in [5, 5.41) is 4.81. The van der Waals surface area contributed by atoms with Crippen LogP contribution in [-0.4, -0.2) is 59.8 Å². The number of methoxy groups -OCH3 is 1. The molecule has 1 saturated heterocycles. The largest absolute Gasteiger partial charge is 0.480 e. The first-order valence-corrected chi connectivity index (χ1v) is 9.77. The number of aromatic nitrogens is 2. The summed E-state index contributed by atoms with van der Waals surface area (Å²) in [4.78, 5) is 19.1. The Morgan fingerprint density at radius 1 is 1.44 bits per heavy atom. The molecule has 7 nitrogen and oxygen atoms in total. The molecule has 1 atom stereocenters. The van der Waals surface area contributed by atoms with Crippen molar-refractivity contribution in [3.8, 4) is 5.88 Å². The zero-order chi connectivity index (χ0) is 19.0. The lowest BCUT2D eigenvalue weighted by atomic mass is 10.1. The van der Waals surface area contributed by atoms with Gasteiger partial charge in [0.2, 0.25) is 11.8 Å². The summed E-state index contributed by atoms with van der Waals surface area (Å²) in [6, 6.07) is 2.36. The van der Waals surface area contributed by atoms with Crippen molar-refractivity contribution in [2.24, 2.45) is 0 Å². The number of pyridine rings is 1. The Morgan fingerprint density at radius 3 is 2.96 bits per heavy atom. The molecule has 1 amide bonds. The fraction of sp³-hybridized carbons (Fsp3) is 0.579. The van der Waals surface area contributed by atoms with Gasteiger partial charge in [0.15, 0.2) is 0 Å². The Morgan fingerprint density at radius 2 is 2.26 bits per heavy atom. The van der Waals surface area contributed by atoms with Gasteiger partial charge < -0.3 is 24.3 Å². The van der Waals surface area contributed by atoms with Gasteiger partial charge in [-0.3, -0.25) is 4.79 Å². The second kappa shape index (κ2) is 7.66. The van der Waals surface area contributed by atoms with E-state index in [0.717, 1.165) is 41.8 Å². The number of nitrogens with zero attached hydrogens (tertiary/aromatic N) is 3. The number of fused-ring (bicyclic) bond motifs is 3. The number of hydrogen-bond acceptors (Lipinski definition) is 5. The molecule has 2 aromatic rings. The minimum absolute atomic E-state index is 0.135. The Hall–Kier alpha value is -1.83. The third kappa shape index (κ3) is 3.51. The van der Waals surface area contributed by atoms with Gasteiger partial charge in [0.1, 0.15) is 10.7 Å². The van der Waals surface area contributed by atoms with Crippen molar-refractivity contribution in [3.05, 3.63) is 22.3 Å². The van der Waals surface area contributed by atoms with Gasteiger partial charge in [-0.05, 0) is 31.5 Å².